The van der Waals surface area contributed by atoms with Crippen LogP contribution in [-0.4, -0.2) is 19.5 Å². The summed E-state index contributed by atoms with van der Waals surface area (Å²) in [6.07, 6.45) is 5.26. The molecule has 1 atom stereocenters. The fraction of sp³-hybridized carbons (Fsp3) is 0.667. The average molecular weight is 156 g/mol. The van der Waals surface area contributed by atoms with Crippen molar-refractivity contribution in [1.82, 2.24) is 0 Å². The quantitative estimate of drug-likeness (QED) is 0.448. The highest BCUT2D eigenvalue weighted by Gasteiger charge is 2.06. The molecule has 0 bridgehead atoms. The highest BCUT2D eigenvalue weighted by atomic mass is 16.5. The lowest BCUT2D eigenvalue weighted by molar-refractivity contribution is -0.107. The van der Waals surface area contributed by atoms with Gasteiger partial charge in [0.2, 0.25) is 0 Å². The molecule has 0 amide bonds. The smallest absolute Gasteiger partial charge is 0.123 e. The molecule has 0 rings (SSSR count). The third-order valence-corrected chi connectivity index (χ3v) is 1.49. The van der Waals surface area contributed by atoms with Crippen LogP contribution in [0, 0.1) is 5.92 Å². The predicted molar refractivity (Wildman–Crippen MR) is 45.5 cm³/mol. The minimum Gasteiger partial charge on any atom is -0.377 e. The molecule has 11 heavy (non-hydrogen) atoms. The Morgan fingerprint density at radius 1 is 1.45 bits per heavy atom. The summed E-state index contributed by atoms with van der Waals surface area (Å²) in [6.45, 7) is 4.17. The van der Waals surface area contributed by atoms with Crippen LogP contribution in [0.1, 0.15) is 20.3 Å². The Morgan fingerprint density at radius 3 is 2.45 bits per heavy atom. The number of hydrogen-bond acceptors (Lipinski definition) is 2. The number of hydrogen-bond donors (Lipinski definition) is 0. The minimum absolute atomic E-state index is 0.134. The standard InChI is InChI=1S/C9H16O2/c1-8(2)9(11-3)6-4-5-7-10/h4,6-9H,5H2,1-3H3/b6-4+. The molecule has 0 aromatic rings. The van der Waals surface area contributed by atoms with Gasteiger partial charge < -0.3 is 9.53 Å². The van der Waals surface area contributed by atoms with Crippen molar-refractivity contribution >= 4 is 6.29 Å². The van der Waals surface area contributed by atoms with E-state index in [0.717, 1.165) is 6.29 Å². The van der Waals surface area contributed by atoms with Crippen molar-refractivity contribution in [2.24, 2.45) is 5.92 Å². The van der Waals surface area contributed by atoms with Crippen LogP contribution in [-0.2, 0) is 9.53 Å². The highest BCUT2D eigenvalue weighted by molar-refractivity contribution is 5.51. The zero-order valence-electron chi connectivity index (χ0n) is 7.41. The van der Waals surface area contributed by atoms with Crippen LogP contribution in [0.4, 0.5) is 0 Å². The first-order valence-corrected chi connectivity index (χ1v) is 3.85. The minimum atomic E-state index is 0.134. The maximum Gasteiger partial charge on any atom is 0.123 e. The first-order chi connectivity index (χ1) is 5.22. The molecule has 0 heterocycles. The molecular formula is C9H16O2. The normalized spacial score (nSPS) is 14.2. The van der Waals surface area contributed by atoms with E-state index in [9.17, 15) is 4.79 Å². The molecule has 0 N–H and O–H groups in total. The van der Waals surface area contributed by atoms with E-state index < -0.39 is 0 Å². The van der Waals surface area contributed by atoms with E-state index in [1.165, 1.54) is 0 Å². The second-order valence-corrected chi connectivity index (χ2v) is 2.77. The van der Waals surface area contributed by atoms with Gasteiger partial charge in [0, 0.05) is 13.5 Å². The van der Waals surface area contributed by atoms with Gasteiger partial charge in [0.15, 0.2) is 0 Å². The lowest BCUT2D eigenvalue weighted by Crippen LogP contribution is -2.14. The molecule has 0 saturated carbocycles. The molecule has 2 heteroatoms. The van der Waals surface area contributed by atoms with Crippen molar-refractivity contribution < 1.29 is 9.53 Å². The fourth-order valence-corrected chi connectivity index (χ4v) is 0.841. The van der Waals surface area contributed by atoms with Crippen LogP contribution in [0.2, 0.25) is 0 Å². The molecule has 0 aliphatic heterocycles. The van der Waals surface area contributed by atoms with Crippen molar-refractivity contribution in [3.05, 3.63) is 12.2 Å². The maximum absolute atomic E-state index is 9.95. The van der Waals surface area contributed by atoms with Gasteiger partial charge in [0.25, 0.3) is 0 Å². The lowest BCUT2D eigenvalue weighted by Gasteiger charge is -2.13. The van der Waals surface area contributed by atoms with Gasteiger partial charge in [-0.05, 0) is 5.92 Å². The van der Waals surface area contributed by atoms with Crippen LogP contribution in [0.25, 0.3) is 0 Å². The summed E-state index contributed by atoms with van der Waals surface area (Å²) < 4.78 is 5.16. The van der Waals surface area contributed by atoms with Gasteiger partial charge >= 0.3 is 0 Å². The summed E-state index contributed by atoms with van der Waals surface area (Å²) in [5, 5.41) is 0. The van der Waals surface area contributed by atoms with E-state index in [0.29, 0.717) is 12.3 Å². The van der Waals surface area contributed by atoms with E-state index in [-0.39, 0.29) is 6.10 Å². The van der Waals surface area contributed by atoms with E-state index in [1.807, 2.05) is 12.2 Å². The Labute approximate surface area is 68.2 Å². The Bertz CT molecular complexity index is 128. The zero-order chi connectivity index (χ0) is 8.69. The van der Waals surface area contributed by atoms with Gasteiger partial charge in [-0.2, -0.15) is 0 Å². The molecule has 0 aromatic carbocycles. The number of carbonyl (C=O) groups excluding carboxylic acids is 1. The van der Waals surface area contributed by atoms with Gasteiger partial charge in [-0.25, -0.2) is 0 Å². The number of carbonyl (C=O) groups is 1. The molecule has 0 spiro atoms. The summed E-state index contributed by atoms with van der Waals surface area (Å²) in [4.78, 5) is 9.95. The molecular weight excluding hydrogens is 140 g/mol. The molecule has 2 nitrogen and oxygen atoms in total. The molecule has 0 radical (unpaired) electrons. The van der Waals surface area contributed by atoms with Crippen LogP contribution >= 0.6 is 0 Å². The van der Waals surface area contributed by atoms with Crippen LogP contribution < -0.4 is 0 Å². The molecule has 0 aliphatic rings. The predicted octanol–water partition coefficient (Wildman–Crippen LogP) is 1.80. The van der Waals surface area contributed by atoms with Crippen molar-refractivity contribution in [2.45, 2.75) is 26.4 Å². The zero-order valence-corrected chi connectivity index (χ0v) is 7.41. The SMILES string of the molecule is COC(/C=C/CC=O)C(C)C. The largest absolute Gasteiger partial charge is 0.377 e. The van der Waals surface area contributed by atoms with E-state index in [1.54, 1.807) is 7.11 Å². The summed E-state index contributed by atoms with van der Waals surface area (Å²) in [6, 6.07) is 0. The molecule has 0 fully saturated rings. The van der Waals surface area contributed by atoms with Crippen molar-refractivity contribution in [3.63, 3.8) is 0 Å². The van der Waals surface area contributed by atoms with E-state index >= 15 is 0 Å². The van der Waals surface area contributed by atoms with Gasteiger partial charge in [0.1, 0.15) is 6.29 Å². The number of allylic oxidation sites excluding steroid dienone is 1. The van der Waals surface area contributed by atoms with Crippen molar-refractivity contribution in [2.75, 3.05) is 7.11 Å². The Kier molecular flexibility index (Phi) is 5.75. The van der Waals surface area contributed by atoms with Crippen LogP contribution in [0.3, 0.4) is 0 Å². The van der Waals surface area contributed by atoms with Gasteiger partial charge in [-0.1, -0.05) is 26.0 Å². The molecule has 64 valence electrons. The van der Waals surface area contributed by atoms with Crippen molar-refractivity contribution in [3.8, 4) is 0 Å². The monoisotopic (exact) mass is 156 g/mol. The number of aldehydes is 1. The van der Waals surface area contributed by atoms with Gasteiger partial charge in [-0.15, -0.1) is 0 Å². The fourth-order valence-electron chi connectivity index (χ4n) is 0.841. The lowest BCUT2D eigenvalue weighted by atomic mass is 10.1. The number of rotatable bonds is 5. The second-order valence-electron chi connectivity index (χ2n) is 2.77. The summed E-state index contributed by atoms with van der Waals surface area (Å²) in [7, 11) is 1.68. The average Bonchev–Trinajstić information content (AvgIpc) is 1.97. The van der Waals surface area contributed by atoms with Gasteiger partial charge in [-0.3, -0.25) is 0 Å². The Morgan fingerprint density at radius 2 is 2.09 bits per heavy atom. The third-order valence-electron chi connectivity index (χ3n) is 1.49. The number of ether oxygens (including phenoxy) is 1. The highest BCUT2D eigenvalue weighted by Crippen LogP contribution is 2.06. The van der Waals surface area contributed by atoms with Gasteiger partial charge in [0.05, 0.1) is 6.10 Å². The van der Waals surface area contributed by atoms with Crippen LogP contribution in [0.5, 0.6) is 0 Å². The second kappa shape index (κ2) is 6.10. The molecule has 1 unspecified atom stereocenters. The Hall–Kier alpha value is -0.630. The summed E-state index contributed by atoms with van der Waals surface area (Å²) >= 11 is 0. The number of methoxy groups -OCH3 is 1. The van der Waals surface area contributed by atoms with Crippen LogP contribution in [0.15, 0.2) is 12.2 Å². The topological polar surface area (TPSA) is 26.3 Å². The maximum atomic E-state index is 9.95. The first kappa shape index (κ1) is 10.4. The summed E-state index contributed by atoms with van der Waals surface area (Å²) in [5.74, 6) is 0.461. The first-order valence-electron chi connectivity index (χ1n) is 3.85. The summed E-state index contributed by atoms with van der Waals surface area (Å²) in [5.41, 5.74) is 0. The molecule has 0 saturated heterocycles. The van der Waals surface area contributed by atoms with E-state index in [2.05, 4.69) is 13.8 Å². The molecule has 0 aromatic heterocycles. The van der Waals surface area contributed by atoms with Crippen molar-refractivity contribution in [1.29, 1.82) is 0 Å². The van der Waals surface area contributed by atoms with E-state index in [4.69, 9.17) is 4.74 Å². The third kappa shape index (κ3) is 4.73. The Balaban J connectivity index is 3.76. The molecule has 0 aliphatic carbocycles.